The highest BCUT2D eigenvalue weighted by molar-refractivity contribution is 6.72. The summed E-state index contributed by atoms with van der Waals surface area (Å²) < 4.78 is 13.1. The fourth-order valence-corrected chi connectivity index (χ4v) is 7.93. The van der Waals surface area contributed by atoms with E-state index in [4.69, 9.17) is 9.16 Å². The summed E-state index contributed by atoms with van der Waals surface area (Å²) in [6, 6.07) is 0. The lowest BCUT2D eigenvalue weighted by atomic mass is 10.0. The smallest absolute Gasteiger partial charge is 0.346 e. The highest BCUT2D eigenvalue weighted by Gasteiger charge is 2.57. The number of unbranched alkanes of at least 4 members (excludes halogenated alkanes) is 3. The number of hydrogen-bond acceptors (Lipinski definition) is 3. The second kappa shape index (κ2) is 10.0. The van der Waals surface area contributed by atoms with Crippen molar-refractivity contribution in [2.45, 2.75) is 142 Å². The van der Waals surface area contributed by atoms with E-state index in [1.165, 1.54) is 25.7 Å². The first-order valence-corrected chi connectivity index (χ1v) is 12.9. The number of ether oxygens (including phenoxy) is 1. The monoisotopic (exact) mass is 386 g/mol. The summed E-state index contributed by atoms with van der Waals surface area (Å²) in [5.41, 5.74) is 0. The van der Waals surface area contributed by atoms with Crippen LogP contribution in [-0.2, 0) is 9.16 Å². The Morgan fingerprint density at radius 3 is 2.04 bits per heavy atom. The summed E-state index contributed by atoms with van der Waals surface area (Å²) in [5, 5.41) is -0.455. The van der Waals surface area contributed by atoms with Crippen LogP contribution in [0.2, 0.25) is 10.1 Å². The van der Waals surface area contributed by atoms with Gasteiger partial charge in [0.05, 0.1) is 18.3 Å². The van der Waals surface area contributed by atoms with Crippen LogP contribution in [0.1, 0.15) is 113 Å². The van der Waals surface area contributed by atoms with Crippen LogP contribution >= 0.6 is 0 Å². The third kappa shape index (κ3) is 6.32. The van der Waals surface area contributed by atoms with Crippen molar-refractivity contribution in [3.05, 3.63) is 0 Å². The summed E-state index contributed by atoms with van der Waals surface area (Å²) in [4.78, 5) is 11.7. The topological polar surface area (TPSA) is 38.7 Å². The largest absolute Gasteiger partial charge is 0.410 e. The molecule has 0 spiro atoms. The van der Waals surface area contributed by atoms with Gasteiger partial charge in [-0.2, -0.15) is 0 Å². The maximum Gasteiger partial charge on any atom is 0.346 e. The molecule has 3 atom stereocenters. The molecular weight excluding hydrogens is 340 g/mol. The molecule has 0 amide bonds. The van der Waals surface area contributed by atoms with Crippen molar-refractivity contribution in [3.63, 3.8) is 0 Å². The molecule has 1 aliphatic heterocycles. The van der Waals surface area contributed by atoms with Crippen molar-refractivity contribution in [3.8, 4) is 0 Å². The van der Waals surface area contributed by atoms with Crippen LogP contribution in [0, 0.1) is 0 Å². The number of rotatable bonds is 10. The minimum atomic E-state index is -2.97. The molecule has 0 aromatic rings. The zero-order valence-electron chi connectivity index (χ0n) is 18.9. The zero-order valence-corrected chi connectivity index (χ0v) is 19.9. The van der Waals surface area contributed by atoms with E-state index in [-0.39, 0.29) is 22.3 Å². The van der Waals surface area contributed by atoms with E-state index in [1.54, 1.807) is 0 Å². The van der Waals surface area contributed by atoms with Crippen LogP contribution in [0.3, 0.4) is 0 Å². The molecule has 0 radical (unpaired) electrons. The van der Waals surface area contributed by atoms with Gasteiger partial charge in [0.1, 0.15) is 0 Å². The predicted octanol–water partition coefficient (Wildman–Crippen LogP) is 6.72. The van der Waals surface area contributed by atoms with Crippen LogP contribution in [0.4, 0.5) is 0 Å². The summed E-state index contributed by atoms with van der Waals surface area (Å²) in [6.07, 6.45) is 11.0. The van der Waals surface area contributed by atoms with Crippen LogP contribution in [-0.4, -0.2) is 31.7 Å². The Hall–Kier alpha value is 0.0969. The van der Waals surface area contributed by atoms with Crippen molar-refractivity contribution in [2.75, 3.05) is 0 Å². The molecule has 1 saturated heterocycles. The average molecular weight is 387 g/mol. The van der Waals surface area contributed by atoms with E-state index in [9.17, 15) is 4.80 Å². The van der Waals surface area contributed by atoms with Crippen LogP contribution in [0.25, 0.3) is 0 Å². The second-order valence-corrected chi connectivity index (χ2v) is 14.8. The molecule has 1 aliphatic rings. The van der Waals surface area contributed by atoms with Crippen LogP contribution in [0.5, 0.6) is 0 Å². The summed E-state index contributed by atoms with van der Waals surface area (Å²) in [6.45, 7) is 17.2. The van der Waals surface area contributed by atoms with Crippen molar-refractivity contribution in [2.24, 2.45) is 0 Å². The molecule has 26 heavy (non-hydrogen) atoms. The van der Waals surface area contributed by atoms with Gasteiger partial charge in [-0.25, -0.2) is 0 Å². The first kappa shape index (κ1) is 24.1. The fourth-order valence-electron chi connectivity index (χ4n) is 4.26. The first-order valence-electron chi connectivity index (χ1n) is 11.0. The van der Waals surface area contributed by atoms with E-state index < -0.39 is 8.56 Å². The molecule has 4 heteroatoms. The molecule has 0 saturated carbocycles. The number of hydrogen-bond donors (Lipinski definition) is 1. The van der Waals surface area contributed by atoms with Gasteiger partial charge in [0.15, 0.2) is 0 Å². The van der Waals surface area contributed by atoms with Crippen molar-refractivity contribution in [1.82, 2.24) is 0 Å². The molecule has 0 aromatic heterocycles. The standard InChI is InChI=1S/C22H46O3Si/c1-9-11-13-14-18-16-17-19(24-18)20(15-12-10-2)25-26(23,21(3,4)5)22(6,7)8/h18-20,23H,9-17H2,1-8H3/t18-,19+,20+/m0/s1. The Kier molecular flexibility index (Phi) is 9.32. The third-order valence-electron chi connectivity index (χ3n) is 5.88. The molecule has 0 unspecified atom stereocenters. The van der Waals surface area contributed by atoms with Crippen molar-refractivity contribution in [1.29, 1.82) is 0 Å². The molecule has 0 aromatic carbocycles. The Bertz CT molecular complexity index is 383. The average Bonchev–Trinajstić information content (AvgIpc) is 2.98. The predicted molar refractivity (Wildman–Crippen MR) is 114 cm³/mol. The van der Waals surface area contributed by atoms with Crippen molar-refractivity contribution >= 4 is 8.56 Å². The molecule has 1 N–H and O–H groups in total. The van der Waals surface area contributed by atoms with Gasteiger partial charge in [0.25, 0.3) is 0 Å². The summed E-state index contributed by atoms with van der Waals surface area (Å²) >= 11 is 0. The molecule has 0 bridgehead atoms. The van der Waals surface area contributed by atoms with E-state index >= 15 is 0 Å². The van der Waals surface area contributed by atoms with E-state index in [2.05, 4.69) is 55.4 Å². The highest BCUT2D eigenvalue weighted by Crippen LogP contribution is 2.51. The van der Waals surface area contributed by atoms with Gasteiger partial charge in [-0.1, -0.05) is 87.5 Å². The Morgan fingerprint density at radius 2 is 1.54 bits per heavy atom. The van der Waals surface area contributed by atoms with Crippen LogP contribution in [0.15, 0.2) is 0 Å². The maximum absolute atomic E-state index is 11.7. The fraction of sp³-hybridized carbons (Fsp3) is 1.00. The lowest BCUT2D eigenvalue weighted by molar-refractivity contribution is -0.0459. The maximum atomic E-state index is 11.7. The second-order valence-electron chi connectivity index (χ2n) is 10.3. The molecule has 1 fully saturated rings. The highest BCUT2D eigenvalue weighted by atomic mass is 28.4. The molecule has 1 heterocycles. The summed E-state index contributed by atoms with van der Waals surface area (Å²) in [7, 11) is -2.97. The zero-order chi connectivity index (χ0) is 20.0. The Morgan fingerprint density at radius 1 is 0.962 bits per heavy atom. The molecular formula is C22H46O3Si. The van der Waals surface area contributed by atoms with Crippen LogP contribution < -0.4 is 0 Å². The minimum absolute atomic E-state index is 0.0289. The van der Waals surface area contributed by atoms with E-state index in [0.29, 0.717) is 6.10 Å². The quantitative estimate of drug-likeness (QED) is 0.334. The third-order valence-corrected chi connectivity index (χ3v) is 10.6. The van der Waals surface area contributed by atoms with Gasteiger partial charge in [-0.15, -0.1) is 0 Å². The van der Waals surface area contributed by atoms with Gasteiger partial charge < -0.3 is 14.0 Å². The lowest BCUT2D eigenvalue weighted by Gasteiger charge is -2.48. The van der Waals surface area contributed by atoms with E-state index in [0.717, 1.165) is 32.1 Å². The Balaban J connectivity index is 2.86. The van der Waals surface area contributed by atoms with Gasteiger partial charge in [-0.05, 0) is 25.7 Å². The van der Waals surface area contributed by atoms with Gasteiger partial charge in [0.2, 0.25) is 0 Å². The molecule has 3 nitrogen and oxygen atoms in total. The Labute approximate surface area is 164 Å². The summed E-state index contributed by atoms with van der Waals surface area (Å²) in [5.74, 6) is 0. The molecule has 0 aliphatic carbocycles. The van der Waals surface area contributed by atoms with Gasteiger partial charge >= 0.3 is 8.56 Å². The first-order chi connectivity index (χ1) is 12.0. The molecule has 156 valence electrons. The molecule has 1 rings (SSSR count). The van der Waals surface area contributed by atoms with Gasteiger partial charge in [0, 0.05) is 10.1 Å². The van der Waals surface area contributed by atoms with E-state index in [1.807, 2.05) is 0 Å². The normalized spacial score (nSPS) is 23.4. The minimum Gasteiger partial charge on any atom is -0.410 e. The SMILES string of the molecule is CCCCC[C@H]1CC[C@H]([C@@H](CCCC)O[Si](O)(C(C)(C)C)C(C)(C)C)O1. The lowest BCUT2D eigenvalue weighted by Crippen LogP contribution is -2.58. The van der Waals surface area contributed by atoms with Gasteiger partial charge in [-0.3, -0.25) is 0 Å². The van der Waals surface area contributed by atoms with Crippen molar-refractivity contribution < 1.29 is 14.0 Å².